The predicted molar refractivity (Wildman–Crippen MR) is 52.1 cm³/mol. The molecule has 0 aliphatic rings. The molecule has 12 heavy (non-hydrogen) atoms. The fourth-order valence-electron chi connectivity index (χ4n) is 0.407. The van der Waals surface area contributed by atoms with E-state index in [4.69, 9.17) is 0 Å². The van der Waals surface area contributed by atoms with Gasteiger partial charge in [0.25, 0.3) is 10.0 Å². The van der Waals surface area contributed by atoms with Crippen molar-refractivity contribution in [1.29, 1.82) is 0 Å². The summed E-state index contributed by atoms with van der Waals surface area (Å²) in [7, 11) is -3.32. The zero-order valence-electron chi connectivity index (χ0n) is 8.38. The van der Waals surface area contributed by atoms with E-state index in [9.17, 15) is 8.42 Å². The Morgan fingerprint density at radius 1 is 1.33 bits per heavy atom. The highest BCUT2D eigenvalue weighted by Gasteiger charge is 2.28. The number of nitrogens with zero attached hydrogens (tertiary/aromatic N) is 1. The molecule has 0 spiro atoms. The lowest BCUT2D eigenvalue weighted by Crippen LogP contribution is -2.26. The molecule has 0 heterocycles. The van der Waals surface area contributed by atoms with Gasteiger partial charge in [0.15, 0.2) is 0 Å². The summed E-state index contributed by atoms with van der Waals surface area (Å²) in [5, 5.41) is 0. The summed E-state index contributed by atoms with van der Waals surface area (Å²) >= 11 is 0. The van der Waals surface area contributed by atoms with Crippen LogP contribution >= 0.6 is 0 Å². The van der Waals surface area contributed by atoms with Crippen molar-refractivity contribution in [3.05, 3.63) is 0 Å². The van der Waals surface area contributed by atoms with Gasteiger partial charge in [-0.1, -0.05) is 6.92 Å². The van der Waals surface area contributed by atoms with Crippen LogP contribution in [0.15, 0.2) is 4.40 Å². The van der Waals surface area contributed by atoms with Crippen molar-refractivity contribution in [3.8, 4) is 0 Å². The number of hydrogen-bond donors (Lipinski definition) is 0. The van der Waals surface area contributed by atoms with E-state index in [1.165, 1.54) is 0 Å². The maximum Gasteiger partial charge on any atom is 0.257 e. The normalized spacial score (nSPS) is 14.9. The van der Waals surface area contributed by atoms with E-state index in [0.29, 0.717) is 12.1 Å². The van der Waals surface area contributed by atoms with Crippen LogP contribution in [-0.2, 0) is 10.0 Å². The minimum Gasteiger partial charge on any atom is -0.204 e. The van der Waals surface area contributed by atoms with Crippen LogP contribution in [0.3, 0.4) is 0 Å². The predicted octanol–water partition coefficient (Wildman–Crippen LogP) is 1.99. The fourth-order valence-corrected chi connectivity index (χ4v) is 1.22. The van der Waals surface area contributed by atoms with Gasteiger partial charge in [-0.3, -0.25) is 0 Å². The first-order valence-corrected chi connectivity index (χ1v) is 5.44. The van der Waals surface area contributed by atoms with Gasteiger partial charge in [-0.15, -0.1) is 0 Å². The molecule has 0 amide bonds. The molecule has 0 fully saturated rings. The summed E-state index contributed by atoms with van der Waals surface area (Å²) in [6.07, 6.45) is 0.676. The zero-order valence-corrected chi connectivity index (χ0v) is 9.20. The molecule has 4 heteroatoms. The maximum atomic E-state index is 11.4. The summed E-state index contributed by atoms with van der Waals surface area (Å²) in [5.74, 6) is 0. The SMILES string of the molecule is CC/C(C)=N/S(=O)(=O)C(C)(C)C. The minimum absolute atomic E-state index is 0.657. The lowest BCUT2D eigenvalue weighted by molar-refractivity contribution is 0.562. The van der Waals surface area contributed by atoms with Crippen LogP contribution in [-0.4, -0.2) is 18.9 Å². The molecule has 72 valence electrons. The molecule has 3 nitrogen and oxygen atoms in total. The monoisotopic (exact) mass is 191 g/mol. The van der Waals surface area contributed by atoms with Crippen LogP contribution in [0.25, 0.3) is 0 Å². The van der Waals surface area contributed by atoms with Crippen LogP contribution < -0.4 is 0 Å². The second-order valence-electron chi connectivity index (χ2n) is 3.77. The van der Waals surface area contributed by atoms with Crippen molar-refractivity contribution in [3.63, 3.8) is 0 Å². The smallest absolute Gasteiger partial charge is 0.204 e. The summed E-state index contributed by atoms with van der Waals surface area (Å²) in [6.45, 7) is 8.55. The van der Waals surface area contributed by atoms with E-state index in [1.807, 2.05) is 6.92 Å². The van der Waals surface area contributed by atoms with Crippen LogP contribution in [0, 0.1) is 0 Å². The van der Waals surface area contributed by atoms with E-state index in [2.05, 4.69) is 4.40 Å². The fraction of sp³-hybridized carbons (Fsp3) is 0.875. The first kappa shape index (κ1) is 11.6. The van der Waals surface area contributed by atoms with Crippen molar-refractivity contribution in [2.24, 2.45) is 4.40 Å². The summed E-state index contributed by atoms with van der Waals surface area (Å²) < 4.78 is 25.8. The van der Waals surface area contributed by atoms with Crippen molar-refractivity contribution in [2.45, 2.75) is 45.8 Å². The van der Waals surface area contributed by atoms with Gasteiger partial charge in [-0.05, 0) is 34.1 Å². The Morgan fingerprint density at radius 2 is 1.75 bits per heavy atom. The Balaban J connectivity index is 4.93. The lowest BCUT2D eigenvalue weighted by atomic mass is 10.3. The number of hydrogen-bond acceptors (Lipinski definition) is 2. The lowest BCUT2D eigenvalue weighted by Gasteiger charge is -2.15. The Hall–Kier alpha value is -0.380. The molecular weight excluding hydrogens is 174 g/mol. The second kappa shape index (κ2) is 3.56. The van der Waals surface area contributed by atoms with E-state index in [1.54, 1.807) is 27.7 Å². The van der Waals surface area contributed by atoms with Gasteiger partial charge >= 0.3 is 0 Å². The van der Waals surface area contributed by atoms with E-state index in [0.717, 1.165) is 0 Å². The first-order valence-electron chi connectivity index (χ1n) is 4.00. The molecule has 0 saturated heterocycles. The average molecular weight is 191 g/mol. The molecular formula is C8H17NO2S. The van der Waals surface area contributed by atoms with Crippen LogP contribution in [0.1, 0.15) is 41.0 Å². The van der Waals surface area contributed by atoms with Crippen molar-refractivity contribution < 1.29 is 8.42 Å². The van der Waals surface area contributed by atoms with E-state index in [-0.39, 0.29) is 0 Å². The van der Waals surface area contributed by atoms with Crippen LogP contribution in [0.4, 0.5) is 0 Å². The molecule has 0 rings (SSSR count). The van der Waals surface area contributed by atoms with Gasteiger partial charge in [0.05, 0.1) is 4.75 Å². The van der Waals surface area contributed by atoms with Gasteiger partial charge in [-0.25, -0.2) is 8.42 Å². The summed E-state index contributed by atoms with van der Waals surface area (Å²) in [4.78, 5) is 0. The molecule has 0 N–H and O–H groups in total. The van der Waals surface area contributed by atoms with Crippen molar-refractivity contribution in [2.75, 3.05) is 0 Å². The van der Waals surface area contributed by atoms with Gasteiger partial charge in [-0.2, -0.15) is 4.40 Å². The molecule has 0 atom stereocenters. The Kier molecular flexibility index (Phi) is 3.45. The molecule has 0 radical (unpaired) electrons. The highest BCUT2D eigenvalue weighted by Crippen LogP contribution is 2.17. The molecule has 0 bridgehead atoms. The highest BCUT2D eigenvalue weighted by atomic mass is 32.2. The average Bonchev–Trinajstić information content (AvgIpc) is 1.84. The highest BCUT2D eigenvalue weighted by molar-refractivity contribution is 7.91. The van der Waals surface area contributed by atoms with Crippen molar-refractivity contribution >= 4 is 15.7 Å². The molecule has 0 aliphatic heterocycles. The Bertz CT molecular complexity index is 270. The van der Waals surface area contributed by atoms with Crippen LogP contribution in [0.5, 0.6) is 0 Å². The molecule has 0 aromatic rings. The van der Waals surface area contributed by atoms with Crippen LogP contribution in [0.2, 0.25) is 0 Å². The van der Waals surface area contributed by atoms with Gasteiger partial charge in [0.2, 0.25) is 0 Å². The Morgan fingerprint density at radius 3 is 2.00 bits per heavy atom. The summed E-state index contributed by atoms with van der Waals surface area (Å²) in [6, 6.07) is 0. The topological polar surface area (TPSA) is 46.5 Å². The molecule has 0 aromatic heterocycles. The van der Waals surface area contributed by atoms with Gasteiger partial charge in [0, 0.05) is 5.71 Å². The number of sulfonamides is 1. The number of rotatable bonds is 2. The van der Waals surface area contributed by atoms with Gasteiger partial charge in [0.1, 0.15) is 0 Å². The maximum absolute atomic E-state index is 11.4. The third-order valence-corrected chi connectivity index (χ3v) is 3.66. The van der Waals surface area contributed by atoms with E-state index >= 15 is 0 Å². The minimum atomic E-state index is -3.32. The first-order chi connectivity index (χ1) is 5.20. The largest absolute Gasteiger partial charge is 0.257 e. The third kappa shape index (κ3) is 2.93. The second-order valence-corrected chi connectivity index (χ2v) is 6.13. The molecule has 0 saturated carbocycles. The Labute approximate surface area is 74.9 Å². The zero-order chi connectivity index (χ0) is 9.99. The summed E-state index contributed by atoms with van der Waals surface area (Å²) in [5.41, 5.74) is 0.657. The quantitative estimate of drug-likeness (QED) is 0.627. The standard InChI is InChI=1S/C8H17NO2S/c1-6-7(2)9-12(10,11)8(3,4)5/h6H2,1-5H3/b9-7+. The molecule has 0 aromatic carbocycles. The van der Waals surface area contributed by atoms with E-state index < -0.39 is 14.8 Å². The van der Waals surface area contributed by atoms with Crippen molar-refractivity contribution in [1.82, 2.24) is 0 Å². The molecule has 0 unspecified atom stereocenters. The molecule has 0 aliphatic carbocycles. The van der Waals surface area contributed by atoms with Gasteiger partial charge < -0.3 is 0 Å². The third-order valence-electron chi connectivity index (χ3n) is 1.56.